The van der Waals surface area contributed by atoms with Crippen molar-refractivity contribution >= 4 is 21.8 Å². The number of rotatable bonds is 7. The standard InChI is InChI=1S/C52H34N4/c1-3-15-35(16-4-1)37-19-11-21-39(31-37)40-22-13-24-42(33-40)50-46-28-8-10-30-48(46)54-52(56-50)44-26-14-25-43(34-44)51-53-47-29-9-7-27-45(47)49(55-51)41-23-12-20-38(32-41)36-17-5-2-6-18-36/h1-34H. The van der Waals surface area contributed by atoms with Gasteiger partial charge in [-0.15, -0.1) is 0 Å². The van der Waals surface area contributed by atoms with Crippen molar-refractivity contribution < 1.29 is 0 Å². The van der Waals surface area contributed by atoms with E-state index >= 15 is 0 Å². The minimum atomic E-state index is 0.647. The summed E-state index contributed by atoms with van der Waals surface area (Å²) < 4.78 is 0. The van der Waals surface area contributed by atoms with Crippen LogP contribution in [0.3, 0.4) is 0 Å². The number of nitrogens with zero attached hydrogens (tertiary/aromatic N) is 4. The molecule has 0 spiro atoms. The number of hydrogen-bond acceptors (Lipinski definition) is 4. The van der Waals surface area contributed by atoms with E-state index in [1.807, 2.05) is 42.5 Å². The lowest BCUT2D eigenvalue weighted by Gasteiger charge is -2.13. The Hall–Kier alpha value is -7.56. The summed E-state index contributed by atoms with van der Waals surface area (Å²) in [7, 11) is 0. The van der Waals surface area contributed by atoms with Crippen LogP contribution in [0.4, 0.5) is 0 Å². The molecular formula is C52H34N4. The van der Waals surface area contributed by atoms with E-state index in [0.717, 1.165) is 72.1 Å². The summed E-state index contributed by atoms with van der Waals surface area (Å²) in [6.45, 7) is 0. The summed E-state index contributed by atoms with van der Waals surface area (Å²) >= 11 is 0. The lowest BCUT2D eigenvalue weighted by atomic mass is 9.96. The molecule has 2 aromatic heterocycles. The van der Waals surface area contributed by atoms with Gasteiger partial charge >= 0.3 is 0 Å². The predicted molar refractivity (Wildman–Crippen MR) is 231 cm³/mol. The topological polar surface area (TPSA) is 51.6 Å². The van der Waals surface area contributed by atoms with Crippen LogP contribution >= 0.6 is 0 Å². The fraction of sp³-hybridized carbons (Fsp3) is 0. The van der Waals surface area contributed by atoms with Crippen LogP contribution in [0, 0.1) is 0 Å². The summed E-state index contributed by atoms with van der Waals surface area (Å²) in [5.74, 6) is 1.30. The van der Waals surface area contributed by atoms with Gasteiger partial charge in [0.15, 0.2) is 11.6 Å². The Morgan fingerprint density at radius 1 is 0.214 bits per heavy atom. The molecule has 0 unspecified atom stereocenters. The first-order chi connectivity index (χ1) is 27.7. The molecule has 0 saturated heterocycles. The van der Waals surface area contributed by atoms with E-state index in [1.165, 1.54) is 16.7 Å². The quantitative estimate of drug-likeness (QED) is 0.165. The number of para-hydroxylation sites is 2. The van der Waals surface area contributed by atoms with Crippen LogP contribution < -0.4 is 0 Å². The van der Waals surface area contributed by atoms with Gasteiger partial charge in [0, 0.05) is 33.0 Å². The average molecular weight is 715 g/mol. The molecule has 0 N–H and O–H groups in total. The molecule has 10 rings (SSSR count). The number of aromatic nitrogens is 4. The van der Waals surface area contributed by atoms with Crippen LogP contribution in [0.25, 0.3) is 100 Å². The van der Waals surface area contributed by atoms with Gasteiger partial charge in [0.05, 0.1) is 22.4 Å². The molecule has 0 amide bonds. The largest absolute Gasteiger partial charge is 0.228 e. The average Bonchev–Trinajstić information content (AvgIpc) is 3.29. The zero-order valence-electron chi connectivity index (χ0n) is 30.4. The second kappa shape index (κ2) is 14.3. The van der Waals surface area contributed by atoms with E-state index < -0.39 is 0 Å². The molecule has 0 atom stereocenters. The Bertz CT molecular complexity index is 3030. The second-order valence-corrected chi connectivity index (χ2v) is 13.9. The molecule has 4 nitrogen and oxygen atoms in total. The van der Waals surface area contributed by atoms with Crippen LogP contribution in [0.1, 0.15) is 0 Å². The van der Waals surface area contributed by atoms with Gasteiger partial charge in [0.2, 0.25) is 0 Å². The maximum Gasteiger partial charge on any atom is 0.160 e. The molecule has 0 aliphatic rings. The fourth-order valence-corrected chi connectivity index (χ4v) is 7.48. The summed E-state index contributed by atoms with van der Waals surface area (Å²) in [5, 5.41) is 2.01. The SMILES string of the molecule is c1ccc(-c2cccc(-c3cccc(-c4nc(-c5cccc(-c6nc(-c7cccc(-c8ccccc8)c7)c7ccccc7n6)c5)nc5ccccc45)c3)c2)cc1. The zero-order chi connectivity index (χ0) is 37.3. The third kappa shape index (κ3) is 6.40. The van der Waals surface area contributed by atoms with Crippen molar-refractivity contribution in [2.75, 3.05) is 0 Å². The van der Waals surface area contributed by atoms with Crippen molar-refractivity contribution in [2.45, 2.75) is 0 Å². The number of fused-ring (bicyclic) bond motifs is 2. The van der Waals surface area contributed by atoms with Gasteiger partial charge in [-0.25, -0.2) is 19.9 Å². The Balaban J connectivity index is 1.06. The molecule has 0 saturated carbocycles. The van der Waals surface area contributed by atoms with Gasteiger partial charge in [0.25, 0.3) is 0 Å². The normalized spacial score (nSPS) is 11.2. The maximum atomic E-state index is 5.28. The van der Waals surface area contributed by atoms with E-state index in [0.29, 0.717) is 11.6 Å². The Labute approximate surface area is 325 Å². The molecule has 0 bridgehead atoms. The maximum absolute atomic E-state index is 5.28. The highest BCUT2D eigenvalue weighted by Gasteiger charge is 2.16. The molecule has 262 valence electrons. The monoisotopic (exact) mass is 714 g/mol. The summed E-state index contributed by atoms with van der Waals surface area (Å²) in [4.78, 5) is 20.7. The highest BCUT2D eigenvalue weighted by atomic mass is 14.9. The molecule has 0 aliphatic heterocycles. The van der Waals surface area contributed by atoms with Crippen molar-refractivity contribution in [2.24, 2.45) is 0 Å². The highest BCUT2D eigenvalue weighted by molar-refractivity contribution is 5.96. The molecule has 2 heterocycles. The van der Waals surface area contributed by atoms with Crippen LogP contribution in [0.2, 0.25) is 0 Å². The first-order valence-corrected chi connectivity index (χ1v) is 18.8. The van der Waals surface area contributed by atoms with E-state index in [-0.39, 0.29) is 0 Å². The van der Waals surface area contributed by atoms with E-state index in [4.69, 9.17) is 19.9 Å². The van der Waals surface area contributed by atoms with Gasteiger partial charge in [-0.3, -0.25) is 0 Å². The second-order valence-electron chi connectivity index (χ2n) is 13.9. The zero-order valence-corrected chi connectivity index (χ0v) is 30.4. The fourth-order valence-electron chi connectivity index (χ4n) is 7.48. The molecular weight excluding hydrogens is 681 g/mol. The van der Waals surface area contributed by atoms with Crippen LogP contribution in [-0.4, -0.2) is 19.9 Å². The van der Waals surface area contributed by atoms with Gasteiger partial charge in [-0.05, 0) is 69.8 Å². The summed E-state index contributed by atoms with van der Waals surface area (Å²) in [5.41, 5.74) is 14.4. The molecule has 56 heavy (non-hydrogen) atoms. The van der Waals surface area contributed by atoms with Gasteiger partial charge in [-0.2, -0.15) is 0 Å². The summed E-state index contributed by atoms with van der Waals surface area (Å²) in [6.07, 6.45) is 0. The Morgan fingerprint density at radius 3 is 0.964 bits per heavy atom. The molecule has 0 fully saturated rings. The van der Waals surface area contributed by atoms with Crippen molar-refractivity contribution in [3.05, 3.63) is 206 Å². The molecule has 0 radical (unpaired) electrons. The lowest BCUT2D eigenvalue weighted by molar-refractivity contribution is 1.21. The Morgan fingerprint density at radius 2 is 0.518 bits per heavy atom. The third-order valence-electron chi connectivity index (χ3n) is 10.3. The predicted octanol–water partition coefficient (Wildman–Crippen LogP) is 13.2. The van der Waals surface area contributed by atoms with Gasteiger partial charge < -0.3 is 0 Å². The minimum absolute atomic E-state index is 0.647. The van der Waals surface area contributed by atoms with Crippen LogP contribution in [0.5, 0.6) is 0 Å². The molecule has 8 aromatic carbocycles. The third-order valence-corrected chi connectivity index (χ3v) is 10.3. The van der Waals surface area contributed by atoms with Crippen LogP contribution in [-0.2, 0) is 0 Å². The number of hydrogen-bond donors (Lipinski definition) is 0. The van der Waals surface area contributed by atoms with Gasteiger partial charge in [-0.1, -0.05) is 170 Å². The number of benzene rings is 8. The smallest absolute Gasteiger partial charge is 0.160 e. The highest BCUT2D eigenvalue weighted by Crippen LogP contribution is 2.35. The molecule has 4 heteroatoms. The van der Waals surface area contributed by atoms with E-state index in [9.17, 15) is 0 Å². The van der Waals surface area contributed by atoms with Gasteiger partial charge in [0.1, 0.15) is 0 Å². The molecule has 10 aromatic rings. The Kier molecular flexibility index (Phi) is 8.47. The summed E-state index contributed by atoms with van der Waals surface area (Å²) in [6, 6.07) is 71.6. The lowest BCUT2D eigenvalue weighted by Crippen LogP contribution is -1.97. The van der Waals surface area contributed by atoms with Crippen molar-refractivity contribution in [1.82, 2.24) is 19.9 Å². The first-order valence-electron chi connectivity index (χ1n) is 18.8. The molecule has 0 aliphatic carbocycles. The minimum Gasteiger partial charge on any atom is -0.228 e. The van der Waals surface area contributed by atoms with Crippen molar-refractivity contribution in [3.63, 3.8) is 0 Å². The van der Waals surface area contributed by atoms with Crippen molar-refractivity contribution in [1.29, 1.82) is 0 Å². The van der Waals surface area contributed by atoms with Crippen LogP contribution in [0.15, 0.2) is 206 Å². The van der Waals surface area contributed by atoms with E-state index in [2.05, 4.69) is 164 Å². The van der Waals surface area contributed by atoms with E-state index in [1.54, 1.807) is 0 Å². The first kappa shape index (κ1) is 33.0. The van der Waals surface area contributed by atoms with Crippen molar-refractivity contribution in [3.8, 4) is 78.7 Å².